The number of benzene rings is 1. The van der Waals surface area contributed by atoms with Crippen molar-refractivity contribution < 1.29 is 9.53 Å². The van der Waals surface area contributed by atoms with E-state index in [0.717, 1.165) is 16.9 Å². The van der Waals surface area contributed by atoms with Gasteiger partial charge in [-0.25, -0.2) is 9.78 Å². The molecule has 0 aliphatic heterocycles. The lowest BCUT2D eigenvalue weighted by Crippen LogP contribution is -2.22. The maximum absolute atomic E-state index is 11.9. The van der Waals surface area contributed by atoms with Crippen molar-refractivity contribution in [3.63, 3.8) is 0 Å². The lowest BCUT2D eigenvalue weighted by atomic mass is 10.2. The number of aryl methyl sites for hydroxylation is 2. The molecule has 1 atom stereocenters. The Labute approximate surface area is 116 Å². The smallest absolute Gasteiger partial charge is 0.335 e. The molecule has 1 aromatic carbocycles. The van der Waals surface area contributed by atoms with Crippen LogP contribution in [-0.4, -0.2) is 18.1 Å². The number of nitrogens with one attached hydrogen (secondary N) is 1. The van der Waals surface area contributed by atoms with E-state index in [1.807, 2.05) is 43.5 Å². The third-order valence-corrected chi connectivity index (χ3v) is 3.68. The fraction of sp³-hybridized carbons (Fsp3) is 0.286. The first-order chi connectivity index (χ1) is 9.10. The van der Waals surface area contributed by atoms with Gasteiger partial charge in [0, 0.05) is 16.8 Å². The molecule has 0 aliphatic rings. The molecule has 5 heteroatoms. The first-order valence-electron chi connectivity index (χ1n) is 5.93. The normalized spacial score (nSPS) is 11.9. The average Bonchev–Trinajstić information content (AvgIpc) is 2.81. The quantitative estimate of drug-likeness (QED) is 0.872. The molecule has 0 fully saturated rings. The standard InChI is InChI=1S/C14H16N2O2S/c1-9-5-4-6-11(7-9)16-12(14(17)18-3)13-15-10(2)8-19-13/h4-8,12,16H,1-3H3. The van der Waals surface area contributed by atoms with Gasteiger partial charge in [-0.2, -0.15) is 0 Å². The fourth-order valence-corrected chi connectivity index (χ4v) is 2.58. The number of hydrogen-bond donors (Lipinski definition) is 1. The van der Waals surface area contributed by atoms with Crippen LogP contribution >= 0.6 is 11.3 Å². The molecule has 1 heterocycles. The van der Waals surface area contributed by atoms with Crippen LogP contribution in [0.3, 0.4) is 0 Å². The van der Waals surface area contributed by atoms with Gasteiger partial charge in [-0.3, -0.25) is 0 Å². The summed E-state index contributed by atoms with van der Waals surface area (Å²) in [5, 5.41) is 5.81. The molecule has 1 aromatic heterocycles. The molecule has 2 aromatic rings. The fourth-order valence-electron chi connectivity index (χ4n) is 1.75. The van der Waals surface area contributed by atoms with Crippen LogP contribution in [0, 0.1) is 13.8 Å². The predicted molar refractivity (Wildman–Crippen MR) is 76.4 cm³/mol. The number of anilines is 1. The zero-order chi connectivity index (χ0) is 13.8. The maximum atomic E-state index is 11.9. The number of ether oxygens (including phenoxy) is 1. The second kappa shape index (κ2) is 5.84. The highest BCUT2D eigenvalue weighted by molar-refractivity contribution is 7.09. The largest absolute Gasteiger partial charge is 0.467 e. The van der Waals surface area contributed by atoms with E-state index in [9.17, 15) is 4.79 Å². The molecule has 4 nitrogen and oxygen atoms in total. The number of methoxy groups -OCH3 is 1. The summed E-state index contributed by atoms with van der Waals surface area (Å²) < 4.78 is 4.84. The highest BCUT2D eigenvalue weighted by atomic mass is 32.1. The van der Waals surface area contributed by atoms with Crippen molar-refractivity contribution in [3.05, 3.63) is 45.9 Å². The first kappa shape index (κ1) is 13.5. The summed E-state index contributed by atoms with van der Waals surface area (Å²) in [5.74, 6) is -0.337. The monoisotopic (exact) mass is 276 g/mol. The molecule has 1 unspecified atom stereocenters. The lowest BCUT2D eigenvalue weighted by Gasteiger charge is -2.15. The van der Waals surface area contributed by atoms with Crippen LogP contribution in [0.2, 0.25) is 0 Å². The molecule has 0 aliphatic carbocycles. The molecule has 0 bridgehead atoms. The number of hydrogen-bond acceptors (Lipinski definition) is 5. The Balaban J connectivity index is 2.26. The molecule has 2 rings (SSSR count). The Morgan fingerprint density at radius 1 is 1.42 bits per heavy atom. The van der Waals surface area contributed by atoms with Gasteiger partial charge in [-0.1, -0.05) is 12.1 Å². The molecule has 0 spiro atoms. The second-order valence-electron chi connectivity index (χ2n) is 4.30. The predicted octanol–water partition coefficient (Wildman–Crippen LogP) is 3.09. The van der Waals surface area contributed by atoms with Gasteiger partial charge >= 0.3 is 5.97 Å². The molecule has 19 heavy (non-hydrogen) atoms. The Bertz CT molecular complexity index is 580. The third-order valence-electron chi connectivity index (χ3n) is 2.65. The number of aromatic nitrogens is 1. The number of thiazole rings is 1. The highest BCUT2D eigenvalue weighted by Crippen LogP contribution is 2.24. The van der Waals surface area contributed by atoms with Crippen LogP contribution in [-0.2, 0) is 9.53 Å². The second-order valence-corrected chi connectivity index (χ2v) is 5.19. The van der Waals surface area contributed by atoms with Crippen LogP contribution < -0.4 is 5.32 Å². The van der Waals surface area contributed by atoms with Crippen LogP contribution in [0.4, 0.5) is 5.69 Å². The van der Waals surface area contributed by atoms with Gasteiger partial charge in [-0.15, -0.1) is 11.3 Å². The molecule has 0 saturated carbocycles. The Kier molecular flexibility index (Phi) is 4.16. The van der Waals surface area contributed by atoms with Gasteiger partial charge in [0.25, 0.3) is 0 Å². The summed E-state index contributed by atoms with van der Waals surface area (Å²) >= 11 is 1.45. The van der Waals surface area contributed by atoms with Crippen LogP contribution in [0.25, 0.3) is 0 Å². The van der Waals surface area contributed by atoms with E-state index in [-0.39, 0.29) is 5.97 Å². The Hall–Kier alpha value is -1.88. The van der Waals surface area contributed by atoms with Crippen LogP contribution in [0.15, 0.2) is 29.6 Å². The van der Waals surface area contributed by atoms with E-state index in [4.69, 9.17) is 4.74 Å². The van der Waals surface area contributed by atoms with E-state index < -0.39 is 6.04 Å². The zero-order valence-electron chi connectivity index (χ0n) is 11.1. The van der Waals surface area contributed by atoms with Gasteiger partial charge in [0.15, 0.2) is 6.04 Å². The zero-order valence-corrected chi connectivity index (χ0v) is 12.0. The molecule has 0 saturated heterocycles. The summed E-state index contributed by atoms with van der Waals surface area (Å²) in [6.45, 7) is 3.91. The molecule has 0 radical (unpaired) electrons. The minimum absolute atomic E-state index is 0.337. The van der Waals surface area contributed by atoms with Crippen molar-refractivity contribution in [2.75, 3.05) is 12.4 Å². The summed E-state index contributed by atoms with van der Waals surface area (Å²) in [4.78, 5) is 16.2. The first-order valence-corrected chi connectivity index (χ1v) is 6.81. The van der Waals surface area contributed by atoms with Crippen molar-refractivity contribution in [1.82, 2.24) is 4.98 Å². The van der Waals surface area contributed by atoms with Crippen molar-refractivity contribution in [1.29, 1.82) is 0 Å². The van der Waals surface area contributed by atoms with Crippen molar-refractivity contribution >= 4 is 23.0 Å². The third kappa shape index (κ3) is 3.32. The highest BCUT2D eigenvalue weighted by Gasteiger charge is 2.24. The van der Waals surface area contributed by atoms with Gasteiger partial charge in [0.2, 0.25) is 0 Å². The molecular weight excluding hydrogens is 260 g/mol. The van der Waals surface area contributed by atoms with Gasteiger partial charge in [0.05, 0.1) is 7.11 Å². The molecule has 0 amide bonds. The summed E-state index contributed by atoms with van der Waals surface area (Å²) in [6.07, 6.45) is 0. The lowest BCUT2D eigenvalue weighted by molar-refractivity contribution is -0.141. The van der Waals surface area contributed by atoms with Crippen LogP contribution in [0.5, 0.6) is 0 Å². The molecule has 100 valence electrons. The van der Waals surface area contributed by atoms with Crippen molar-refractivity contribution in [3.8, 4) is 0 Å². The average molecular weight is 276 g/mol. The maximum Gasteiger partial charge on any atom is 0.335 e. The Morgan fingerprint density at radius 2 is 2.21 bits per heavy atom. The molecule has 1 N–H and O–H groups in total. The number of carbonyl (C=O) groups is 1. The number of carbonyl (C=O) groups excluding carboxylic acids is 1. The topological polar surface area (TPSA) is 51.2 Å². The van der Waals surface area contributed by atoms with E-state index in [1.165, 1.54) is 18.4 Å². The Morgan fingerprint density at radius 3 is 2.79 bits per heavy atom. The van der Waals surface area contributed by atoms with E-state index >= 15 is 0 Å². The van der Waals surface area contributed by atoms with E-state index in [0.29, 0.717) is 5.01 Å². The van der Waals surface area contributed by atoms with Gasteiger partial charge in [0.1, 0.15) is 5.01 Å². The van der Waals surface area contributed by atoms with Gasteiger partial charge < -0.3 is 10.1 Å². The number of rotatable bonds is 4. The minimum Gasteiger partial charge on any atom is -0.467 e. The van der Waals surface area contributed by atoms with E-state index in [2.05, 4.69) is 10.3 Å². The van der Waals surface area contributed by atoms with E-state index in [1.54, 1.807) is 0 Å². The summed E-state index contributed by atoms with van der Waals surface area (Å²) in [7, 11) is 1.38. The summed E-state index contributed by atoms with van der Waals surface area (Å²) in [6, 6.07) is 7.29. The SMILES string of the molecule is COC(=O)C(Nc1cccc(C)c1)c1nc(C)cs1. The van der Waals surface area contributed by atoms with Crippen molar-refractivity contribution in [2.24, 2.45) is 0 Å². The van der Waals surface area contributed by atoms with Crippen LogP contribution in [0.1, 0.15) is 22.3 Å². The minimum atomic E-state index is -0.564. The number of esters is 1. The van der Waals surface area contributed by atoms with Gasteiger partial charge in [-0.05, 0) is 31.5 Å². The molecular formula is C14H16N2O2S. The summed E-state index contributed by atoms with van der Waals surface area (Å²) in [5.41, 5.74) is 2.91. The van der Waals surface area contributed by atoms with Crippen molar-refractivity contribution in [2.45, 2.75) is 19.9 Å². The number of nitrogens with zero attached hydrogens (tertiary/aromatic N) is 1.